The number of aryl methyl sites for hydroxylation is 4. The Balaban J connectivity index is 1.71. The Labute approximate surface area is 155 Å². The van der Waals surface area contributed by atoms with Crippen molar-refractivity contribution in [3.05, 3.63) is 32.3 Å². The van der Waals surface area contributed by atoms with Gasteiger partial charge in [0.05, 0.1) is 33.1 Å². The van der Waals surface area contributed by atoms with E-state index < -0.39 is 0 Å². The zero-order valence-electron chi connectivity index (χ0n) is 14.5. The number of hydrogen-bond acceptors (Lipinski definition) is 3. The lowest BCUT2D eigenvalue weighted by molar-refractivity contribution is -0.121. The molecule has 2 aromatic rings. The number of nitrogens with zero attached hydrogens (tertiary/aromatic N) is 4. The van der Waals surface area contributed by atoms with Crippen molar-refractivity contribution in [3.8, 4) is 0 Å². The number of carbonyl (C=O) groups is 1. The minimum Gasteiger partial charge on any atom is -0.356 e. The van der Waals surface area contributed by atoms with E-state index in [1.165, 1.54) is 0 Å². The number of carbonyl (C=O) groups excluding carboxylic acids is 1. The molecule has 0 aliphatic carbocycles. The molecule has 1 amide bonds. The Kier molecular flexibility index (Phi) is 6.46. The fourth-order valence-electron chi connectivity index (χ4n) is 2.54. The molecule has 0 aliphatic rings. The molecule has 0 atom stereocenters. The number of amides is 1. The van der Waals surface area contributed by atoms with Gasteiger partial charge in [-0.2, -0.15) is 10.2 Å². The van der Waals surface area contributed by atoms with Gasteiger partial charge in [0.1, 0.15) is 0 Å². The molecule has 1 N–H and O–H groups in total. The van der Waals surface area contributed by atoms with Gasteiger partial charge in [-0.25, -0.2) is 0 Å². The van der Waals surface area contributed by atoms with E-state index in [-0.39, 0.29) is 5.91 Å². The lowest BCUT2D eigenvalue weighted by atomic mass is 10.3. The fraction of sp³-hybridized carbons (Fsp3) is 0.562. The van der Waals surface area contributed by atoms with E-state index in [2.05, 4.69) is 31.4 Å². The second kappa shape index (κ2) is 8.16. The van der Waals surface area contributed by atoms with Gasteiger partial charge in [0.2, 0.25) is 5.91 Å². The predicted octanol–water partition coefficient (Wildman–Crippen LogP) is 3.33. The van der Waals surface area contributed by atoms with Crippen LogP contribution in [0.5, 0.6) is 0 Å². The van der Waals surface area contributed by atoms with Crippen molar-refractivity contribution in [1.82, 2.24) is 24.9 Å². The van der Waals surface area contributed by atoms with Crippen LogP contribution in [0.4, 0.5) is 0 Å². The van der Waals surface area contributed by atoms with Gasteiger partial charge < -0.3 is 5.32 Å². The zero-order valence-corrected chi connectivity index (χ0v) is 16.8. The van der Waals surface area contributed by atoms with Crippen LogP contribution >= 0.6 is 27.5 Å². The number of aromatic nitrogens is 4. The first-order valence-electron chi connectivity index (χ1n) is 7.97. The van der Waals surface area contributed by atoms with Gasteiger partial charge in [0.15, 0.2) is 0 Å². The largest absolute Gasteiger partial charge is 0.356 e. The van der Waals surface area contributed by atoms with Crippen LogP contribution in [0.2, 0.25) is 5.02 Å². The summed E-state index contributed by atoms with van der Waals surface area (Å²) in [6.45, 7) is 9.73. The Bertz CT molecular complexity index is 737. The molecule has 0 saturated heterocycles. The van der Waals surface area contributed by atoms with Crippen molar-refractivity contribution in [2.45, 2.75) is 53.6 Å². The highest BCUT2D eigenvalue weighted by molar-refractivity contribution is 9.10. The third-order valence-electron chi connectivity index (χ3n) is 4.01. The monoisotopic (exact) mass is 415 g/mol. The average Bonchev–Trinajstić information content (AvgIpc) is 2.94. The maximum absolute atomic E-state index is 11.9. The highest BCUT2D eigenvalue weighted by Crippen LogP contribution is 2.20. The van der Waals surface area contributed by atoms with E-state index >= 15 is 0 Å². The molecule has 0 bridgehead atoms. The molecule has 2 aromatic heterocycles. The van der Waals surface area contributed by atoms with Gasteiger partial charge in [-0.15, -0.1) is 0 Å². The molecule has 0 spiro atoms. The maximum Gasteiger partial charge on any atom is 0.221 e. The van der Waals surface area contributed by atoms with Crippen LogP contribution in [0.3, 0.4) is 0 Å². The normalized spacial score (nSPS) is 11.1. The number of nitrogens with one attached hydrogen (secondary N) is 1. The molecule has 6 nitrogen and oxygen atoms in total. The summed E-state index contributed by atoms with van der Waals surface area (Å²) in [6, 6.07) is 0. The van der Waals surface area contributed by atoms with Gasteiger partial charge >= 0.3 is 0 Å². The standard InChI is InChI=1S/C16H23BrClN5O/c1-10-15(17)12(3)22(20-10)8-5-7-19-14(24)6-9-23-13(4)16(18)11(2)21-23/h5-9H2,1-4H3,(H,19,24). The first-order valence-corrected chi connectivity index (χ1v) is 9.14. The second-order valence-electron chi connectivity index (χ2n) is 5.87. The van der Waals surface area contributed by atoms with E-state index in [1.54, 1.807) is 4.68 Å². The summed E-state index contributed by atoms with van der Waals surface area (Å²) < 4.78 is 4.80. The van der Waals surface area contributed by atoms with Crippen LogP contribution in [-0.2, 0) is 17.9 Å². The first kappa shape index (κ1) is 19.0. The summed E-state index contributed by atoms with van der Waals surface area (Å²) in [5.41, 5.74) is 3.79. The lowest BCUT2D eigenvalue weighted by Gasteiger charge is -2.08. The van der Waals surface area contributed by atoms with E-state index in [1.807, 2.05) is 32.4 Å². The van der Waals surface area contributed by atoms with Gasteiger partial charge in [-0.1, -0.05) is 11.6 Å². The second-order valence-corrected chi connectivity index (χ2v) is 7.04. The molecule has 8 heteroatoms. The van der Waals surface area contributed by atoms with Crippen LogP contribution in [0.15, 0.2) is 4.47 Å². The topological polar surface area (TPSA) is 64.7 Å². The Morgan fingerprint density at radius 3 is 2.25 bits per heavy atom. The Morgan fingerprint density at radius 1 is 1.08 bits per heavy atom. The molecule has 0 unspecified atom stereocenters. The SMILES string of the molecule is Cc1nn(CCC(=O)NCCCn2nc(C)c(Br)c2C)c(C)c1Cl. The van der Waals surface area contributed by atoms with Crippen molar-refractivity contribution in [1.29, 1.82) is 0 Å². The van der Waals surface area contributed by atoms with E-state index in [0.29, 0.717) is 24.5 Å². The summed E-state index contributed by atoms with van der Waals surface area (Å²) in [4.78, 5) is 11.9. The highest BCUT2D eigenvalue weighted by atomic mass is 79.9. The summed E-state index contributed by atoms with van der Waals surface area (Å²) in [5.74, 6) is 0.0215. The third kappa shape index (κ3) is 4.39. The van der Waals surface area contributed by atoms with Crippen molar-refractivity contribution < 1.29 is 4.79 Å². The molecule has 2 heterocycles. The van der Waals surface area contributed by atoms with Gasteiger partial charge in [0.25, 0.3) is 0 Å². The van der Waals surface area contributed by atoms with Crippen LogP contribution in [0.1, 0.15) is 35.6 Å². The van der Waals surface area contributed by atoms with Gasteiger partial charge in [-0.3, -0.25) is 14.2 Å². The highest BCUT2D eigenvalue weighted by Gasteiger charge is 2.11. The Hall–Kier alpha value is -1.34. The molecule has 132 valence electrons. The molecule has 24 heavy (non-hydrogen) atoms. The van der Waals surface area contributed by atoms with Crippen LogP contribution in [-0.4, -0.2) is 32.0 Å². The molecule has 2 rings (SSSR count). The van der Waals surface area contributed by atoms with Gasteiger partial charge in [-0.05, 0) is 50.0 Å². The number of hydrogen-bond donors (Lipinski definition) is 1. The summed E-state index contributed by atoms with van der Waals surface area (Å²) in [5, 5.41) is 12.4. The van der Waals surface area contributed by atoms with E-state index in [9.17, 15) is 4.79 Å². The maximum atomic E-state index is 11.9. The molecular weight excluding hydrogens is 394 g/mol. The first-order chi connectivity index (χ1) is 11.3. The zero-order chi connectivity index (χ0) is 17.9. The van der Waals surface area contributed by atoms with E-state index in [4.69, 9.17) is 11.6 Å². The van der Waals surface area contributed by atoms with Crippen molar-refractivity contribution >= 4 is 33.4 Å². The quantitative estimate of drug-likeness (QED) is 0.704. The summed E-state index contributed by atoms with van der Waals surface area (Å²) in [6.07, 6.45) is 1.23. The van der Waals surface area contributed by atoms with Crippen LogP contribution in [0, 0.1) is 27.7 Å². The third-order valence-corrected chi connectivity index (χ3v) is 5.70. The molecule has 0 saturated carbocycles. The number of rotatable bonds is 7. The van der Waals surface area contributed by atoms with Crippen molar-refractivity contribution in [2.75, 3.05) is 6.54 Å². The summed E-state index contributed by atoms with van der Waals surface area (Å²) in [7, 11) is 0. The van der Waals surface area contributed by atoms with E-state index in [0.717, 1.165) is 40.2 Å². The molecule has 0 fully saturated rings. The molecular formula is C16H23BrClN5O. The van der Waals surface area contributed by atoms with Gasteiger partial charge in [0, 0.05) is 25.2 Å². The Morgan fingerprint density at radius 2 is 1.71 bits per heavy atom. The average molecular weight is 417 g/mol. The van der Waals surface area contributed by atoms with Crippen molar-refractivity contribution in [2.24, 2.45) is 0 Å². The summed E-state index contributed by atoms with van der Waals surface area (Å²) >= 11 is 9.62. The fourth-order valence-corrected chi connectivity index (χ4v) is 2.96. The smallest absolute Gasteiger partial charge is 0.221 e. The molecule has 0 aliphatic heterocycles. The molecule has 0 aromatic carbocycles. The predicted molar refractivity (Wildman–Crippen MR) is 98.4 cm³/mol. The minimum absolute atomic E-state index is 0.0215. The van der Waals surface area contributed by atoms with Crippen LogP contribution < -0.4 is 5.32 Å². The minimum atomic E-state index is 0.0215. The van der Waals surface area contributed by atoms with Crippen molar-refractivity contribution in [3.63, 3.8) is 0 Å². The lowest BCUT2D eigenvalue weighted by Crippen LogP contribution is -2.26. The molecule has 0 radical (unpaired) electrons. The van der Waals surface area contributed by atoms with Crippen LogP contribution in [0.25, 0.3) is 0 Å². The number of halogens is 2.